The van der Waals surface area contributed by atoms with E-state index in [2.05, 4.69) is 0 Å². The lowest BCUT2D eigenvalue weighted by Crippen LogP contribution is -2.56. The number of fused-ring (bicyclic) bond motifs is 1. The fraction of sp³-hybridized carbons (Fsp3) is 0.867. The van der Waals surface area contributed by atoms with Crippen LogP contribution in [-0.2, 0) is 9.53 Å². The number of nitrogens with zero attached hydrogens (tertiary/aromatic N) is 2. The van der Waals surface area contributed by atoms with Crippen LogP contribution < -0.4 is 0 Å². The molecular weight excluding hydrogens is 272 g/mol. The summed E-state index contributed by atoms with van der Waals surface area (Å²) in [4.78, 5) is 27.5. The van der Waals surface area contributed by atoms with E-state index in [4.69, 9.17) is 9.84 Å². The van der Waals surface area contributed by atoms with Crippen molar-refractivity contribution in [3.8, 4) is 0 Å². The summed E-state index contributed by atoms with van der Waals surface area (Å²) in [5, 5.41) is 8.93. The van der Waals surface area contributed by atoms with Gasteiger partial charge in [-0.1, -0.05) is 0 Å². The number of carbonyl (C=O) groups is 2. The maximum atomic E-state index is 12.8. The maximum absolute atomic E-state index is 12.8. The number of carbonyl (C=O) groups excluding carboxylic acids is 1. The second kappa shape index (κ2) is 6.22. The summed E-state index contributed by atoms with van der Waals surface area (Å²) in [6.45, 7) is 2.63. The van der Waals surface area contributed by atoms with Crippen molar-refractivity contribution in [1.82, 2.24) is 9.80 Å². The van der Waals surface area contributed by atoms with Gasteiger partial charge in [-0.2, -0.15) is 0 Å². The van der Waals surface area contributed by atoms with Crippen LogP contribution in [0.15, 0.2) is 0 Å². The van der Waals surface area contributed by atoms with Gasteiger partial charge in [-0.3, -0.25) is 4.79 Å². The molecule has 0 aromatic rings. The fourth-order valence-electron chi connectivity index (χ4n) is 4.00. The number of amides is 2. The highest BCUT2D eigenvalue weighted by Crippen LogP contribution is 2.31. The van der Waals surface area contributed by atoms with E-state index in [0.717, 1.165) is 38.6 Å². The van der Waals surface area contributed by atoms with E-state index < -0.39 is 5.97 Å². The molecule has 3 fully saturated rings. The third kappa shape index (κ3) is 3.15. The molecular formula is C15H24N2O4. The van der Waals surface area contributed by atoms with Crippen molar-refractivity contribution in [3.05, 3.63) is 0 Å². The minimum absolute atomic E-state index is 0.0882. The summed E-state index contributed by atoms with van der Waals surface area (Å²) in [7, 11) is 0. The highest BCUT2D eigenvalue weighted by atomic mass is 16.5. The lowest BCUT2D eigenvalue weighted by atomic mass is 9.95. The zero-order valence-electron chi connectivity index (χ0n) is 12.4. The zero-order chi connectivity index (χ0) is 14.8. The molecule has 3 rings (SSSR count). The Morgan fingerprint density at radius 2 is 2.00 bits per heavy atom. The minimum Gasteiger partial charge on any atom is -0.481 e. The molecule has 0 radical (unpaired) electrons. The molecule has 0 bridgehead atoms. The molecule has 3 unspecified atom stereocenters. The van der Waals surface area contributed by atoms with Gasteiger partial charge >= 0.3 is 12.0 Å². The van der Waals surface area contributed by atoms with Crippen LogP contribution in [-0.4, -0.2) is 65.3 Å². The molecule has 118 valence electrons. The van der Waals surface area contributed by atoms with E-state index in [0.29, 0.717) is 19.7 Å². The normalized spacial score (nSPS) is 32.9. The van der Waals surface area contributed by atoms with Crippen molar-refractivity contribution in [3.63, 3.8) is 0 Å². The Labute approximate surface area is 125 Å². The number of ether oxygens (including phenoxy) is 1. The number of morpholine rings is 1. The number of carboxylic acids is 1. The summed E-state index contributed by atoms with van der Waals surface area (Å²) in [5.74, 6) is -0.669. The van der Waals surface area contributed by atoms with Crippen LogP contribution in [0.5, 0.6) is 0 Å². The van der Waals surface area contributed by atoms with E-state index in [9.17, 15) is 9.59 Å². The molecule has 2 amide bonds. The van der Waals surface area contributed by atoms with Crippen LogP contribution in [0.4, 0.5) is 4.79 Å². The Bertz CT molecular complexity index is 414. The molecule has 1 N–H and O–H groups in total. The third-order valence-corrected chi connectivity index (χ3v) is 4.98. The highest BCUT2D eigenvalue weighted by Gasteiger charge is 2.40. The van der Waals surface area contributed by atoms with Crippen LogP contribution in [0.3, 0.4) is 0 Å². The van der Waals surface area contributed by atoms with Gasteiger partial charge in [0.1, 0.15) is 0 Å². The van der Waals surface area contributed by atoms with Crippen molar-refractivity contribution < 1.29 is 19.4 Å². The van der Waals surface area contributed by atoms with Gasteiger partial charge in [0.15, 0.2) is 0 Å². The van der Waals surface area contributed by atoms with Crippen LogP contribution in [0.1, 0.15) is 38.5 Å². The molecule has 1 saturated carbocycles. The molecule has 21 heavy (non-hydrogen) atoms. The second-order valence-electron chi connectivity index (χ2n) is 6.44. The molecule has 3 atom stereocenters. The topological polar surface area (TPSA) is 70.1 Å². The molecule has 6 heteroatoms. The predicted molar refractivity (Wildman–Crippen MR) is 76.0 cm³/mol. The van der Waals surface area contributed by atoms with Gasteiger partial charge in [0.25, 0.3) is 0 Å². The summed E-state index contributed by atoms with van der Waals surface area (Å²) >= 11 is 0. The van der Waals surface area contributed by atoms with Gasteiger partial charge in [0.05, 0.1) is 18.8 Å². The first-order valence-corrected chi connectivity index (χ1v) is 8.04. The molecule has 2 heterocycles. The minimum atomic E-state index is -0.767. The Hall–Kier alpha value is -1.30. The van der Waals surface area contributed by atoms with Gasteiger partial charge in [0.2, 0.25) is 0 Å². The van der Waals surface area contributed by atoms with Gasteiger partial charge in [-0.25, -0.2) is 4.79 Å². The first-order chi connectivity index (χ1) is 10.1. The second-order valence-corrected chi connectivity index (χ2v) is 6.44. The van der Waals surface area contributed by atoms with Crippen LogP contribution in [0.2, 0.25) is 0 Å². The van der Waals surface area contributed by atoms with Crippen LogP contribution >= 0.6 is 0 Å². The van der Waals surface area contributed by atoms with Crippen molar-refractivity contribution >= 4 is 12.0 Å². The number of piperidine rings is 1. The van der Waals surface area contributed by atoms with E-state index >= 15 is 0 Å². The van der Waals surface area contributed by atoms with Gasteiger partial charge in [-0.05, 0) is 38.0 Å². The fourth-order valence-corrected chi connectivity index (χ4v) is 4.00. The predicted octanol–water partition coefficient (Wildman–Crippen LogP) is 1.55. The van der Waals surface area contributed by atoms with E-state index in [1.54, 1.807) is 0 Å². The number of hydrogen-bond donors (Lipinski definition) is 1. The summed E-state index contributed by atoms with van der Waals surface area (Å²) < 4.78 is 5.75. The van der Waals surface area contributed by atoms with E-state index in [-0.39, 0.29) is 30.5 Å². The Morgan fingerprint density at radius 1 is 1.14 bits per heavy atom. The number of aliphatic carboxylic acids is 1. The standard InChI is InChI=1S/C15H24N2O4/c18-14(19)9-11-3-2-6-16(10-11)15(20)17-7-8-21-13-5-1-4-12(13)17/h11-13H,1-10H2,(H,18,19). The summed E-state index contributed by atoms with van der Waals surface area (Å²) in [6.07, 6.45) is 5.40. The van der Waals surface area contributed by atoms with Gasteiger partial charge < -0.3 is 19.6 Å². The van der Waals surface area contributed by atoms with E-state index in [1.807, 2.05) is 9.80 Å². The largest absolute Gasteiger partial charge is 0.481 e. The molecule has 3 aliphatic rings. The van der Waals surface area contributed by atoms with Crippen LogP contribution in [0, 0.1) is 5.92 Å². The molecule has 0 spiro atoms. The van der Waals surface area contributed by atoms with E-state index in [1.165, 1.54) is 0 Å². The summed E-state index contributed by atoms with van der Waals surface area (Å²) in [6, 6.07) is 0.316. The molecule has 1 aliphatic carbocycles. The number of likely N-dealkylation sites (tertiary alicyclic amines) is 1. The molecule has 0 aromatic carbocycles. The SMILES string of the molecule is O=C(O)CC1CCCN(C(=O)N2CCOC3CCCC32)C1. The average Bonchev–Trinajstić information content (AvgIpc) is 2.94. The first-order valence-electron chi connectivity index (χ1n) is 8.04. The number of hydrogen-bond acceptors (Lipinski definition) is 3. The van der Waals surface area contributed by atoms with Gasteiger partial charge in [0, 0.05) is 26.1 Å². The highest BCUT2D eigenvalue weighted by molar-refractivity contribution is 5.75. The maximum Gasteiger partial charge on any atom is 0.320 e. The van der Waals surface area contributed by atoms with Crippen molar-refractivity contribution in [1.29, 1.82) is 0 Å². The Balaban J connectivity index is 1.62. The average molecular weight is 296 g/mol. The van der Waals surface area contributed by atoms with Crippen LogP contribution in [0.25, 0.3) is 0 Å². The van der Waals surface area contributed by atoms with Crippen molar-refractivity contribution in [2.24, 2.45) is 5.92 Å². The van der Waals surface area contributed by atoms with Crippen molar-refractivity contribution in [2.45, 2.75) is 50.7 Å². The first kappa shape index (κ1) is 14.6. The molecule has 6 nitrogen and oxygen atoms in total. The summed E-state index contributed by atoms with van der Waals surface area (Å²) in [5.41, 5.74) is 0. The lowest BCUT2D eigenvalue weighted by Gasteiger charge is -2.42. The number of carboxylic acid groups (broad SMARTS) is 1. The smallest absolute Gasteiger partial charge is 0.320 e. The quantitative estimate of drug-likeness (QED) is 0.839. The molecule has 2 saturated heterocycles. The lowest BCUT2D eigenvalue weighted by molar-refractivity contribution is -0.138. The third-order valence-electron chi connectivity index (χ3n) is 4.98. The zero-order valence-corrected chi connectivity index (χ0v) is 12.4. The van der Waals surface area contributed by atoms with Gasteiger partial charge in [-0.15, -0.1) is 0 Å². The Kier molecular flexibility index (Phi) is 4.33. The Morgan fingerprint density at radius 3 is 2.81 bits per heavy atom. The number of urea groups is 1. The monoisotopic (exact) mass is 296 g/mol. The molecule has 2 aliphatic heterocycles. The number of rotatable bonds is 2. The van der Waals surface area contributed by atoms with Crippen molar-refractivity contribution in [2.75, 3.05) is 26.2 Å². The molecule has 0 aromatic heterocycles.